The molecular weight excluding hydrogens is 196 g/mol. The van der Waals surface area contributed by atoms with Crippen molar-refractivity contribution in [2.24, 2.45) is 5.92 Å². The van der Waals surface area contributed by atoms with Gasteiger partial charge in [0.1, 0.15) is 5.60 Å². The van der Waals surface area contributed by atoms with Crippen molar-refractivity contribution >= 4 is 11.6 Å². The number of halogens is 1. The highest BCUT2D eigenvalue weighted by Crippen LogP contribution is 2.24. The van der Waals surface area contributed by atoms with Crippen LogP contribution >= 0.6 is 11.6 Å². The molecule has 0 aliphatic carbocycles. The molecule has 0 saturated heterocycles. The lowest BCUT2D eigenvalue weighted by Crippen LogP contribution is -2.31. The molecule has 0 spiro atoms. The maximum absolute atomic E-state index is 9.86. The highest BCUT2D eigenvalue weighted by Gasteiger charge is 2.26. The third-order valence-electron chi connectivity index (χ3n) is 2.66. The van der Waals surface area contributed by atoms with Crippen LogP contribution in [-0.4, -0.2) is 16.6 Å². The number of rotatable bonds is 7. The molecule has 2 atom stereocenters. The van der Waals surface area contributed by atoms with Crippen LogP contribution in [0.3, 0.4) is 0 Å². The van der Waals surface area contributed by atoms with Crippen LogP contribution in [-0.2, 0) is 0 Å². The molecule has 2 heteroatoms. The summed E-state index contributed by atoms with van der Waals surface area (Å²) in [6, 6.07) is 0. The van der Waals surface area contributed by atoms with Crippen LogP contribution in [0.4, 0.5) is 0 Å². The van der Waals surface area contributed by atoms with Gasteiger partial charge in [0.15, 0.2) is 0 Å². The lowest BCUT2D eigenvalue weighted by atomic mass is 9.87. The van der Waals surface area contributed by atoms with Gasteiger partial charge >= 0.3 is 0 Å². The summed E-state index contributed by atoms with van der Waals surface area (Å²) in [6.07, 6.45) is 10.5. The lowest BCUT2D eigenvalue weighted by molar-refractivity contribution is 0.0916. The molecule has 0 bridgehead atoms. The maximum Gasteiger partial charge on any atom is 0.138 e. The number of alkyl halides is 1. The van der Waals surface area contributed by atoms with Crippen LogP contribution < -0.4 is 0 Å². The number of hydrogen-bond donors (Lipinski definition) is 1. The summed E-state index contributed by atoms with van der Waals surface area (Å²) in [5.74, 6) is 3.02. The van der Waals surface area contributed by atoms with Crippen LogP contribution in [0.25, 0.3) is 0 Å². The van der Waals surface area contributed by atoms with Crippen molar-refractivity contribution in [2.45, 2.75) is 51.6 Å². The second-order valence-corrected chi connectivity index (χ2v) is 4.20. The summed E-state index contributed by atoms with van der Waals surface area (Å²) >= 11 is 5.65. The minimum atomic E-state index is -1.10. The Hall–Kier alpha value is -0.190. The van der Waals surface area contributed by atoms with E-state index < -0.39 is 5.60 Å². The smallest absolute Gasteiger partial charge is 0.138 e. The highest BCUT2D eigenvalue weighted by atomic mass is 35.5. The Bertz CT molecular complexity index is 185. The SMILES string of the molecule is C#C[C@](O)(CCl)C[C@@H](CC)CCCC. The van der Waals surface area contributed by atoms with E-state index in [2.05, 4.69) is 19.8 Å². The van der Waals surface area contributed by atoms with Crippen molar-refractivity contribution in [3.8, 4) is 12.3 Å². The molecular formula is C12H21ClO. The van der Waals surface area contributed by atoms with Crippen molar-refractivity contribution in [3.05, 3.63) is 0 Å². The first-order valence-corrected chi connectivity index (χ1v) is 5.91. The molecule has 14 heavy (non-hydrogen) atoms. The molecule has 0 aliphatic rings. The van der Waals surface area contributed by atoms with E-state index in [1.807, 2.05) is 0 Å². The molecule has 0 unspecified atom stereocenters. The van der Waals surface area contributed by atoms with Crippen LogP contribution in [0.5, 0.6) is 0 Å². The molecule has 0 heterocycles. The van der Waals surface area contributed by atoms with E-state index in [-0.39, 0.29) is 5.88 Å². The zero-order chi connectivity index (χ0) is 11.0. The number of aliphatic hydroxyl groups is 1. The third-order valence-corrected chi connectivity index (χ3v) is 3.10. The van der Waals surface area contributed by atoms with Crippen molar-refractivity contribution in [2.75, 3.05) is 5.88 Å². The van der Waals surface area contributed by atoms with E-state index in [1.54, 1.807) is 0 Å². The Labute approximate surface area is 92.9 Å². The van der Waals surface area contributed by atoms with Crippen molar-refractivity contribution < 1.29 is 5.11 Å². The Balaban J connectivity index is 4.09. The van der Waals surface area contributed by atoms with Gasteiger partial charge in [-0.2, -0.15) is 0 Å². The summed E-state index contributed by atoms with van der Waals surface area (Å²) in [5, 5.41) is 9.86. The van der Waals surface area contributed by atoms with E-state index in [9.17, 15) is 5.11 Å². The van der Waals surface area contributed by atoms with Gasteiger partial charge in [-0.05, 0) is 12.3 Å². The minimum absolute atomic E-state index is 0.131. The van der Waals surface area contributed by atoms with Crippen LogP contribution in [0.2, 0.25) is 0 Å². The van der Waals surface area contributed by atoms with E-state index in [1.165, 1.54) is 12.8 Å². The van der Waals surface area contributed by atoms with Gasteiger partial charge in [0.25, 0.3) is 0 Å². The first-order valence-electron chi connectivity index (χ1n) is 5.38. The molecule has 0 aromatic carbocycles. The Morgan fingerprint density at radius 2 is 2.14 bits per heavy atom. The molecule has 0 fully saturated rings. The summed E-state index contributed by atoms with van der Waals surface area (Å²) in [4.78, 5) is 0. The average Bonchev–Trinajstić information content (AvgIpc) is 2.23. The maximum atomic E-state index is 9.86. The lowest BCUT2D eigenvalue weighted by Gasteiger charge is -2.24. The summed E-state index contributed by atoms with van der Waals surface area (Å²) in [5.41, 5.74) is -1.10. The van der Waals surface area contributed by atoms with Crippen molar-refractivity contribution in [1.29, 1.82) is 0 Å². The standard InChI is InChI=1S/C12H21ClO/c1-4-7-8-11(5-2)9-12(14,6-3)10-13/h3,11,14H,4-5,7-10H2,1-2H3/t11-,12+/m0/s1. The molecule has 0 saturated carbocycles. The van der Waals surface area contributed by atoms with Crippen molar-refractivity contribution in [3.63, 3.8) is 0 Å². The second-order valence-electron chi connectivity index (χ2n) is 3.93. The normalized spacial score (nSPS) is 17.1. The van der Waals surface area contributed by atoms with Gasteiger partial charge in [-0.3, -0.25) is 0 Å². The van der Waals surface area contributed by atoms with E-state index in [0.717, 1.165) is 12.8 Å². The quantitative estimate of drug-likeness (QED) is 0.512. The topological polar surface area (TPSA) is 20.2 Å². The fourth-order valence-corrected chi connectivity index (χ4v) is 1.76. The molecule has 0 aliphatic heterocycles. The molecule has 0 aromatic rings. The molecule has 1 nitrogen and oxygen atoms in total. The van der Waals surface area contributed by atoms with Gasteiger partial charge in [-0.15, -0.1) is 18.0 Å². The first kappa shape index (κ1) is 13.8. The van der Waals surface area contributed by atoms with Gasteiger partial charge in [-0.25, -0.2) is 0 Å². The number of terminal acetylenes is 1. The third kappa shape index (κ3) is 4.88. The molecule has 0 amide bonds. The molecule has 0 aromatic heterocycles. The number of unbranched alkanes of at least 4 members (excludes halogenated alkanes) is 1. The summed E-state index contributed by atoms with van der Waals surface area (Å²) < 4.78 is 0. The Kier molecular flexibility index (Phi) is 7.05. The van der Waals surface area contributed by atoms with Gasteiger partial charge in [-0.1, -0.05) is 45.5 Å². The minimum Gasteiger partial charge on any atom is -0.376 e. The highest BCUT2D eigenvalue weighted by molar-refractivity contribution is 6.18. The van der Waals surface area contributed by atoms with Gasteiger partial charge in [0, 0.05) is 0 Å². The zero-order valence-corrected chi connectivity index (χ0v) is 9.98. The van der Waals surface area contributed by atoms with Crippen LogP contribution in [0.15, 0.2) is 0 Å². The fraction of sp³-hybridized carbons (Fsp3) is 0.833. The van der Waals surface area contributed by atoms with Gasteiger partial charge < -0.3 is 5.11 Å². The Morgan fingerprint density at radius 3 is 2.50 bits per heavy atom. The predicted molar refractivity (Wildman–Crippen MR) is 62.4 cm³/mol. The van der Waals surface area contributed by atoms with Crippen LogP contribution in [0.1, 0.15) is 46.0 Å². The van der Waals surface area contributed by atoms with Crippen LogP contribution in [0, 0.1) is 18.3 Å². The number of hydrogen-bond acceptors (Lipinski definition) is 1. The van der Waals surface area contributed by atoms with Crippen molar-refractivity contribution in [1.82, 2.24) is 0 Å². The van der Waals surface area contributed by atoms with E-state index in [0.29, 0.717) is 12.3 Å². The van der Waals surface area contributed by atoms with Gasteiger partial charge in [0.2, 0.25) is 0 Å². The second kappa shape index (κ2) is 7.15. The molecule has 1 N–H and O–H groups in total. The van der Waals surface area contributed by atoms with Gasteiger partial charge in [0.05, 0.1) is 5.88 Å². The Morgan fingerprint density at radius 1 is 1.50 bits per heavy atom. The summed E-state index contributed by atoms with van der Waals surface area (Å²) in [7, 11) is 0. The largest absolute Gasteiger partial charge is 0.376 e. The predicted octanol–water partition coefficient (Wildman–Crippen LogP) is 3.20. The van der Waals surface area contributed by atoms with E-state index in [4.69, 9.17) is 18.0 Å². The fourth-order valence-electron chi connectivity index (χ4n) is 1.57. The first-order chi connectivity index (χ1) is 6.61. The average molecular weight is 217 g/mol. The summed E-state index contributed by atoms with van der Waals surface area (Å²) in [6.45, 7) is 4.30. The molecule has 0 rings (SSSR count). The molecule has 0 radical (unpaired) electrons. The van der Waals surface area contributed by atoms with E-state index >= 15 is 0 Å². The zero-order valence-electron chi connectivity index (χ0n) is 9.22. The molecule has 82 valence electrons. The monoisotopic (exact) mass is 216 g/mol.